The van der Waals surface area contributed by atoms with Gasteiger partial charge in [0.25, 0.3) is 0 Å². The molecule has 0 saturated heterocycles. The number of rotatable bonds is 5. The Bertz CT molecular complexity index is 319. The SMILES string of the molecule is C=C[C@@H](O)CC(=O)OCc1ccccc1. The highest BCUT2D eigenvalue weighted by molar-refractivity contribution is 5.70. The highest BCUT2D eigenvalue weighted by Gasteiger charge is 2.08. The summed E-state index contributed by atoms with van der Waals surface area (Å²) in [4.78, 5) is 11.2. The lowest BCUT2D eigenvalue weighted by atomic mass is 10.2. The van der Waals surface area contributed by atoms with E-state index in [0.717, 1.165) is 5.56 Å². The molecule has 0 radical (unpaired) electrons. The van der Waals surface area contributed by atoms with Gasteiger partial charge in [0.15, 0.2) is 0 Å². The summed E-state index contributed by atoms with van der Waals surface area (Å²) < 4.78 is 4.95. The van der Waals surface area contributed by atoms with Crippen LogP contribution in [-0.4, -0.2) is 17.2 Å². The van der Waals surface area contributed by atoms with Crippen LogP contribution in [0.3, 0.4) is 0 Å². The second kappa shape index (κ2) is 5.98. The van der Waals surface area contributed by atoms with Gasteiger partial charge in [-0.3, -0.25) is 4.79 Å². The fourth-order valence-electron chi connectivity index (χ4n) is 1.05. The molecule has 1 rings (SSSR count). The van der Waals surface area contributed by atoms with Gasteiger partial charge in [0.05, 0.1) is 12.5 Å². The summed E-state index contributed by atoms with van der Waals surface area (Å²) in [7, 11) is 0. The van der Waals surface area contributed by atoms with Crippen molar-refractivity contribution in [2.45, 2.75) is 19.1 Å². The molecule has 1 atom stereocenters. The van der Waals surface area contributed by atoms with E-state index in [1.54, 1.807) is 0 Å². The number of benzene rings is 1. The van der Waals surface area contributed by atoms with E-state index in [4.69, 9.17) is 9.84 Å². The minimum atomic E-state index is -0.826. The molecule has 0 heterocycles. The van der Waals surface area contributed by atoms with Gasteiger partial charge < -0.3 is 9.84 Å². The van der Waals surface area contributed by atoms with E-state index in [1.165, 1.54) is 6.08 Å². The molecule has 0 aliphatic heterocycles. The van der Waals surface area contributed by atoms with Gasteiger partial charge in [-0.2, -0.15) is 0 Å². The highest BCUT2D eigenvalue weighted by Crippen LogP contribution is 2.03. The first-order chi connectivity index (χ1) is 7.22. The van der Waals surface area contributed by atoms with Gasteiger partial charge in [0.1, 0.15) is 6.61 Å². The molecular formula is C12H14O3. The van der Waals surface area contributed by atoms with E-state index in [2.05, 4.69) is 6.58 Å². The lowest BCUT2D eigenvalue weighted by Gasteiger charge is -2.06. The van der Waals surface area contributed by atoms with Gasteiger partial charge in [-0.25, -0.2) is 0 Å². The quantitative estimate of drug-likeness (QED) is 0.588. The molecule has 80 valence electrons. The molecular weight excluding hydrogens is 192 g/mol. The normalized spacial score (nSPS) is 11.8. The average molecular weight is 206 g/mol. The van der Waals surface area contributed by atoms with Crippen molar-refractivity contribution < 1.29 is 14.6 Å². The minimum Gasteiger partial charge on any atom is -0.461 e. The monoisotopic (exact) mass is 206 g/mol. The zero-order chi connectivity index (χ0) is 11.1. The molecule has 0 aliphatic rings. The molecule has 1 N–H and O–H groups in total. The van der Waals surface area contributed by atoms with Gasteiger partial charge in [0.2, 0.25) is 0 Å². The largest absolute Gasteiger partial charge is 0.461 e. The summed E-state index contributed by atoms with van der Waals surface area (Å²) in [6.07, 6.45) is 0.438. The first kappa shape index (κ1) is 11.5. The lowest BCUT2D eigenvalue weighted by molar-refractivity contribution is -0.146. The maximum Gasteiger partial charge on any atom is 0.309 e. The smallest absolute Gasteiger partial charge is 0.309 e. The number of hydrogen-bond donors (Lipinski definition) is 1. The fraction of sp³-hybridized carbons (Fsp3) is 0.250. The molecule has 0 aromatic heterocycles. The molecule has 3 heteroatoms. The Morgan fingerprint density at radius 2 is 2.13 bits per heavy atom. The van der Waals surface area contributed by atoms with E-state index >= 15 is 0 Å². The molecule has 0 bridgehead atoms. The van der Waals surface area contributed by atoms with Crippen LogP contribution in [0.25, 0.3) is 0 Å². The molecule has 3 nitrogen and oxygen atoms in total. The van der Waals surface area contributed by atoms with Crippen LogP contribution >= 0.6 is 0 Å². The lowest BCUT2D eigenvalue weighted by Crippen LogP contribution is -2.13. The van der Waals surface area contributed by atoms with E-state index in [1.807, 2.05) is 30.3 Å². The van der Waals surface area contributed by atoms with Gasteiger partial charge in [-0.15, -0.1) is 6.58 Å². The van der Waals surface area contributed by atoms with Crippen LogP contribution in [0, 0.1) is 0 Å². The molecule has 0 fully saturated rings. The molecule has 0 unspecified atom stereocenters. The summed E-state index contributed by atoms with van der Waals surface area (Å²) in [5.41, 5.74) is 0.930. The number of ether oxygens (including phenoxy) is 1. The second-order valence-electron chi connectivity index (χ2n) is 3.15. The van der Waals surface area contributed by atoms with Crippen LogP contribution < -0.4 is 0 Å². The van der Waals surface area contributed by atoms with Gasteiger partial charge in [-0.05, 0) is 5.56 Å². The number of carbonyl (C=O) groups excluding carboxylic acids is 1. The first-order valence-corrected chi connectivity index (χ1v) is 4.72. The Labute approximate surface area is 89.0 Å². The summed E-state index contributed by atoms with van der Waals surface area (Å²) in [6, 6.07) is 9.39. The van der Waals surface area contributed by atoms with Crippen LogP contribution in [0.1, 0.15) is 12.0 Å². The van der Waals surface area contributed by atoms with Crippen LogP contribution in [0.5, 0.6) is 0 Å². The second-order valence-corrected chi connectivity index (χ2v) is 3.15. The Kier molecular flexibility index (Phi) is 4.57. The molecule has 0 saturated carbocycles. The summed E-state index contributed by atoms with van der Waals surface area (Å²) in [5.74, 6) is -0.425. The Morgan fingerprint density at radius 1 is 1.47 bits per heavy atom. The van der Waals surface area contributed by atoms with Crippen molar-refractivity contribution in [3.63, 3.8) is 0 Å². The predicted molar refractivity (Wildman–Crippen MR) is 57.1 cm³/mol. The number of aliphatic hydroxyl groups excluding tert-OH is 1. The molecule has 0 aliphatic carbocycles. The van der Waals surface area contributed by atoms with Crippen molar-refractivity contribution in [1.82, 2.24) is 0 Å². The fourth-order valence-corrected chi connectivity index (χ4v) is 1.05. The van der Waals surface area contributed by atoms with Crippen molar-refractivity contribution in [2.24, 2.45) is 0 Å². The van der Waals surface area contributed by atoms with Crippen molar-refractivity contribution in [3.05, 3.63) is 48.6 Å². The van der Waals surface area contributed by atoms with Crippen LogP contribution in [-0.2, 0) is 16.1 Å². The third-order valence-electron chi connectivity index (χ3n) is 1.89. The maximum absolute atomic E-state index is 11.2. The van der Waals surface area contributed by atoms with Gasteiger partial charge >= 0.3 is 5.97 Å². The van der Waals surface area contributed by atoms with Crippen molar-refractivity contribution in [1.29, 1.82) is 0 Å². The number of aliphatic hydroxyl groups is 1. The van der Waals surface area contributed by atoms with E-state index in [-0.39, 0.29) is 13.0 Å². The third kappa shape index (κ3) is 4.42. The third-order valence-corrected chi connectivity index (χ3v) is 1.89. The van der Waals surface area contributed by atoms with Gasteiger partial charge in [-0.1, -0.05) is 36.4 Å². The Balaban J connectivity index is 2.31. The molecule has 15 heavy (non-hydrogen) atoms. The number of esters is 1. The Morgan fingerprint density at radius 3 is 2.73 bits per heavy atom. The molecule has 0 spiro atoms. The van der Waals surface area contributed by atoms with Crippen molar-refractivity contribution in [3.8, 4) is 0 Å². The number of hydrogen-bond acceptors (Lipinski definition) is 3. The summed E-state index contributed by atoms with van der Waals surface area (Å²) >= 11 is 0. The van der Waals surface area contributed by atoms with Crippen LogP contribution in [0.4, 0.5) is 0 Å². The predicted octanol–water partition coefficient (Wildman–Crippen LogP) is 1.67. The van der Waals surface area contributed by atoms with Crippen LogP contribution in [0.15, 0.2) is 43.0 Å². The van der Waals surface area contributed by atoms with E-state index in [9.17, 15) is 4.79 Å². The Hall–Kier alpha value is -1.61. The maximum atomic E-state index is 11.2. The molecule has 1 aromatic rings. The summed E-state index contributed by atoms with van der Waals surface area (Å²) in [6.45, 7) is 3.61. The number of carbonyl (C=O) groups is 1. The highest BCUT2D eigenvalue weighted by atomic mass is 16.5. The van der Waals surface area contributed by atoms with E-state index < -0.39 is 12.1 Å². The molecule has 1 aromatic carbocycles. The topological polar surface area (TPSA) is 46.5 Å². The first-order valence-electron chi connectivity index (χ1n) is 4.72. The zero-order valence-corrected chi connectivity index (χ0v) is 8.43. The molecule has 0 amide bonds. The van der Waals surface area contributed by atoms with Crippen LogP contribution in [0.2, 0.25) is 0 Å². The minimum absolute atomic E-state index is 0.0453. The van der Waals surface area contributed by atoms with Gasteiger partial charge in [0, 0.05) is 0 Å². The van der Waals surface area contributed by atoms with E-state index in [0.29, 0.717) is 0 Å². The van der Waals surface area contributed by atoms with Crippen molar-refractivity contribution in [2.75, 3.05) is 0 Å². The summed E-state index contributed by atoms with van der Waals surface area (Å²) in [5, 5.41) is 9.11. The standard InChI is InChI=1S/C12H14O3/c1-2-11(13)8-12(14)15-9-10-6-4-3-5-7-10/h2-7,11,13H,1,8-9H2/t11-/m1/s1. The zero-order valence-electron chi connectivity index (χ0n) is 8.43. The average Bonchev–Trinajstić information content (AvgIpc) is 2.27. The van der Waals surface area contributed by atoms with Crippen molar-refractivity contribution >= 4 is 5.97 Å².